The van der Waals surface area contributed by atoms with Gasteiger partial charge in [-0.1, -0.05) is 0 Å². The molecular weight excluding hydrogens is 186 g/mol. The summed E-state index contributed by atoms with van der Waals surface area (Å²) in [7, 11) is 0. The van der Waals surface area contributed by atoms with Crippen molar-refractivity contribution in [3.05, 3.63) is 23.8 Å². The molecule has 0 aromatic heterocycles. The Balaban J connectivity index is 0.00000121. The van der Waals surface area contributed by atoms with Crippen LogP contribution in [0.25, 0.3) is 0 Å². The summed E-state index contributed by atoms with van der Waals surface area (Å²) in [5.74, 6) is -1.46. The number of nitrogen functional groups attached to an aromatic ring is 1. The van der Waals surface area contributed by atoms with Crippen LogP contribution in [0.3, 0.4) is 0 Å². The molecule has 0 aliphatic rings. The summed E-state index contributed by atoms with van der Waals surface area (Å²) >= 11 is 0. The maximum absolute atomic E-state index is 10.4. The minimum absolute atomic E-state index is 0. The molecule has 0 fully saturated rings. The maximum atomic E-state index is 10.4. The second kappa shape index (κ2) is 4.54. The minimum atomic E-state index is -1.19. The topological polar surface area (TPSA) is 83.5 Å². The van der Waals surface area contributed by atoms with Gasteiger partial charge in [0.25, 0.3) is 0 Å². The summed E-state index contributed by atoms with van der Waals surface area (Å²) in [6, 6.07) is 3.89. The number of phenols is 1. The molecule has 0 radical (unpaired) electrons. The fraction of sp³-hybridized carbons (Fsp3) is 0. The number of hydrogen-bond donors (Lipinski definition) is 3. The molecule has 0 spiro atoms. The van der Waals surface area contributed by atoms with Gasteiger partial charge in [0.2, 0.25) is 0 Å². The van der Waals surface area contributed by atoms with Gasteiger partial charge in [-0.15, -0.1) is 0 Å². The molecule has 1 aromatic carbocycles. The first-order valence-electron chi connectivity index (χ1n) is 2.93. The third-order valence-corrected chi connectivity index (χ3v) is 1.25. The fourth-order valence-electron chi connectivity index (χ4n) is 0.725. The number of carboxylic acids is 1. The van der Waals surface area contributed by atoms with Gasteiger partial charge in [0, 0.05) is 5.69 Å². The van der Waals surface area contributed by atoms with Crippen molar-refractivity contribution >= 4 is 49.4 Å². The molecule has 1 aromatic rings. The second-order valence-electron chi connectivity index (χ2n) is 2.08. The van der Waals surface area contributed by atoms with E-state index in [1.165, 1.54) is 18.2 Å². The molecule has 0 saturated carbocycles. The van der Waals surface area contributed by atoms with Crippen LogP contribution in [-0.4, -0.2) is 53.9 Å². The molecule has 0 amide bonds. The zero-order valence-corrected chi connectivity index (χ0v) is 5.61. The number of carbonyl (C=O) groups is 1. The van der Waals surface area contributed by atoms with Crippen LogP contribution in [0.1, 0.15) is 10.4 Å². The number of aromatic hydroxyl groups is 1. The second-order valence-corrected chi connectivity index (χ2v) is 2.08. The van der Waals surface area contributed by atoms with E-state index in [9.17, 15) is 4.79 Å². The first kappa shape index (κ1) is 11.5. The SMILES string of the molecule is Nc1ccc(O)c(C(=O)O)c1.[CaH2]. The number of benzene rings is 1. The van der Waals surface area contributed by atoms with E-state index in [4.69, 9.17) is 15.9 Å². The summed E-state index contributed by atoms with van der Waals surface area (Å²) in [6.45, 7) is 0. The standard InChI is InChI=1S/C7H7NO3.Ca.2H/c8-4-1-2-6(9)5(3-4)7(10)11;;;/h1-3,9H,8H2,(H,10,11);;;. The van der Waals surface area contributed by atoms with Crippen LogP contribution in [0.5, 0.6) is 5.75 Å². The normalized spacial score (nSPS) is 8.67. The Bertz CT molecular complexity index is 301. The van der Waals surface area contributed by atoms with Crippen LogP contribution >= 0.6 is 0 Å². The third-order valence-electron chi connectivity index (χ3n) is 1.25. The number of carboxylic acid groups (broad SMARTS) is 1. The first-order valence-corrected chi connectivity index (χ1v) is 2.93. The van der Waals surface area contributed by atoms with Crippen LogP contribution in [0.2, 0.25) is 0 Å². The molecule has 4 nitrogen and oxygen atoms in total. The van der Waals surface area contributed by atoms with Crippen molar-refractivity contribution < 1.29 is 15.0 Å². The Morgan fingerprint density at radius 2 is 2.00 bits per heavy atom. The number of aromatic carboxylic acids is 1. The van der Waals surface area contributed by atoms with E-state index < -0.39 is 5.97 Å². The van der Waals surface area contributed by atoms with Crippen molar-refractivity contribution in [2.45, 2.75) is 0 Å². The van der Waals surface area contributed by atoms with Crippen molar-refractivity contribution in [3.8, 4) is 5.75 Å². The van der Waals surface area contributed by atoms with Crippen LogP contribution < -0.4 is 5.73 Å². The van der Waals surface area contributed by atoms with Crippen molar-refractivity contribution in [1.82, 2.24) is 0 Å². The average molecular weight is 195 g/mol. The van der Waals surface area contributed by atoms with Crippen molar-refractivity contribution in [3.63, 3.8) is 0 Å². The van der Waals surface area contributed by atoms with E-state index in [-0.39, 0.29) is 49.1 Å². The van der Waals surface area contributed by atoms with Gasteiger partial charge in [0.1, 0.15) is 11.3 Å². The number of anilines is 1. The quantitative estimate of drug-likeness (QED) is 0.328. The van der Waals surface area contributed by atoms with Crippen molar-refractivity contribution in [2.75, 3.05) is 5.73 Å². The number of rotatable bonds is 1. The van der Waals surface area contributed by atoms with Gasteiger partial charge >= 0.3 is 43.7 Å². The zero-order chi connectivity index (χ0) is 8.43. The predicted molar refractivity (Wildman–Crippen MR) is 48.0 cm³/mol. The van der Waals surface area contributed by atoms with Gasteiger partial charge in [-0.25, -0.2) is 4.79 Å². The van der Waals surface area contributed by atoms with Gasteiger partial charge in [-0.05, 0) is 18.2 Å². The molecule has 5 heteroatoms. The molecule has 0 aliphatic carbocycles. The Labute approximate surface area is 99.0 Å². The van der Waals surface area contributed by atoms with Gasteiger partial charge in [0.15, 0.2) is 0 Å². The summed E-state index contributed by atoms with van der Waals surface area (Å²) in [5, 5.41) is 17.4. The van der Waals surface area contributed by atoms with E-state index in [1.54, 1.807) is 0 Å². The molecule has 0 aliphatic heterocycles. The molecule has 12 heavy (non-hydrogen) atoms. The molecule has 0 bridgehead atoms. The van der Waals surface area contributed by atoms with Gasteiger partial charge in [-0.2, -0.15) is 0 Å². The molecule has 1 rings (SSSR count). The predicted octanol–water partition coefficient (Wildman–Crippen LogP) is -0.244. The van der Waals surface area contributed by atoms with E-state index in [0.717, 1.165) is 0 Å². The Kier molecular flexibility index (Phi) is 4.37. The summed E-state index contributed by atoms with van der Waals surface area (Å²) in [6.07, 6.45) is 0. The van der Waals surface area contributed by atoms with Gasteiger partial charge < -0.3 is 15.9 Å². The Hall–Kier alpha value is -0.450. The van der Waals surface area contributed by atoms with Crippen molar-refractivity contribution in [2.24, 2.45) is 0 Å². The molecule has 4 N–H and O–H groups in total. The van der Waals surface area contributed by atoms with Crippen molar-refractivity contribution in [1.29, 1.82) is 0 Å². The molecular formula is C7H9CaNO3. The van der Waals surface area contributed by atoms with Crippen LogP contribution in [0, 0.1) is 0 Å². The van der Waals surface area contributed by atoms with Crippen LogP contribution in [0.15, 0.2) is 18.2 Å². The molecule has 62 valence electrons. The summed E-state index contributed by atoms with van der Waals surface area (Å²) < 4.78 is 0. The number of hydrogen-bond acceptors (Lipinski definition) is 3. The van der Waals surface area contributed by atoms with E-state index >= 15 is 0 Å². The van der Waals surface area contributed by atoms with Crippen LogP contribution in [0.4, 0.5) is 5.69 Å². The summed E-state index contributed by atoms with van der Waals surface area (Å²) in [5.41, 5.74) is 5.43. The molecule has 0 unspecified atom stereocenters. The molecule has 0 saturated heterocycles. The Morgan fingerprint density at radius 3 is 2.42 bits per heavy atom. The monoisotopic (exact) mass is 195 g/mol. The van der Waals surface area contributed by atoms with Gasteiger partial charge in [0.05, 0.1) is 0 Å². The average Bonchev–Trinajstić information content (AvgIpc) is 1.94. The first-order chi connectivity index (χ1) is 5.11. The zero-order valence-electron chi connectivity index (χ0n) is 5.61. The van der Waals surface area contributed by atoms with E-state index in [1.807, 2.05) is 0 Å². The summed E-state index contributed by atoms with van der Waals surface area (Å²) in [4.78, 5) is 10.4. The van der Waals surface area contributed by atoms with E-state index in [0.29, 0.717) is 5.69 Å². The molecule has 0 atom stereocenters. The fourth-order valence-corrected chi connectivity index (χ4v) is 0.725. The molecule has 0 heterocycles. The van der Waals surface area contributed by atoms with Crippen LogP contribution in [-0.2, 0) is 0 Å². The van der Waals surface area contributed by atoms with E-state index in [2.05, 4.69) is 0 Å². The Morgan fingerprint density at radius 1 is 1.42 bits per heavy atom. The number of nitrogens with two attached hydrogens (primary N) is 1. The van der Waals surface area contributed by atoms with Gasteiger partial charge in [-0.3, -0.25) is 0 Å². The third kappa shape index (κ3) is 2.55.